The van der Waals surface area contributed by atoms with Crippen molar-refractivity contribution >= 4 is 47.6 Å². The Morgan fingerprint density at radius 2 is 1.27 bits per heavy atom. The summed E-state index contributed by atoms with van der Waals surface area (Å²) in [4.78, 5) is 0. The maximum atomic E-state index is 6.21. The molecule has 3 aromatic rings. The van der Waals surface area contributed by atoms with Crippen molar-refractivity contribution in [3.05, 3.63) is 43.4 Å². The molecule has 1 aromatic carbocycles. The first kappa shape index (κ1) is 18.5. The molecule has 0 amide bonds. The van der Waals surface area contributed by atoms with Crippen LogP contribution in [-0.4, -0.2) is 29.7 Å². The molecule has 10 nitrogen and oxygen atoms in total. The van der Waals surface area contributed by atoms with Gasteiger partial charge in [-0.1, -0.05) is 23.2 Å². The van der Waals surface area contributed by atoms with Crippen molar-refractivity contribution in [2.24, 2.45) is 0 Å². The second-order valence-corrected chi connectivity index (χ2v) is 6.51. The number of halogens is 2. The molecule has 2 heterocycles. The number of aromatic amines is 2. The quantitative estimate of drug-likeness (QED) is 0.341. The van der Waals surface area contributed by atoms with E-state index in [4.69, 9.17) is 68.8 Å². The minimum atomic E-state index is 0.0436. The van der Waals surface area contributed by atoms with E-state index in [1.165, 1.54) is 21.5 Å². The van der Waals surface area contributed by atoms with Gasteiger partial charge >= 0.3 is 0 Å². The number of nitrogens with zero attached hydrogens (tertiary/aromatic N) is 4. The van der Waals surface area contributed by atoms with Gasteiger partial charge < -0.3 is 21.2 Å². The van der Waals surface area contributed by atoms with E-state index in [2.05, 4.69) is 20.4 Å². The minimum absolute atomic E-state index is 0.0436. The molecule has 0 aliphatic rings. The highest BCUT2D eigenvalue weighted by atomic mass is 35.5. The summed E-state index contributed by atoms with van der Waals surface area (Å²) in [6, 6.07) is 3.03. The van der Waals surface area contributed by atoms with E-state index < -0.39 is 0 Å². The highest BCUT2D eigenvalue weighted by molar-refractivity contribution is 7.71. The van der Waals surface area contributed by atoms with Gasteiger partial charge in [-0.15, -0.1) is 0 Å². The second-order valence-electron chi connectivity index (χ2n) is 4.92. The number of hydrogen-bond donors (Lipinski definition) is 4. The number of H-pyrrole nitrogens is 2. The SMILES string of the molecule is Nn1c(COc2cc(Cl)c(OCc3n[nH]c(=S)n3N)cc2Cl)n[nH]c1=S. The van der Waals surface area contributed by atoms with E-state index in [1.54, 1.807) is 0 Å². The number of nitrogen functional groups attached to an aromatic ring is 2. The van der Waals surface area contributed by atoms with Gasteiger partial charge in [0.1, 0.15) is 24.7 Å². The van der Waals surface area contributed by atoms with E-state index in [9.17, 15) is 0 Å². The van der Waals surface area contributed by atoms with Gasteiger partial charge in [-0.05, 0) is 24.4 Å². The Balaban J connectivity index is 1.71. The Kier molecular flexibility index (Phi) is 5.36. The van der Waals surface area contributed by atoms with Crippen LogP contribution in [-0.2, 0) is 13.2 Å². The summed E-state index contributed by atoms with van der Waals surface area (Å²) in [6.07, 6.45) is 0. The van der Waals surface area contributed by atoms with Crippen molar-refractivity contribution in [3.63, 3.8) is 0 Å². The van der Waals surface area contributed by atoms with Crippen LogP contribution in [0.15, 0.2) is 12.1 Å². The molecular formula is C12H12Cl2N8O2S2. The average Bonchev–Trinajstić information content (AvgIpc) is 3.10. The highest BCUT2D eigenvalue weighted by Gasteiger charge is 2.13. The molecular weight excluding hydrogens is 423 g/mol. The molecule has 0 unspecified atom stereocenters. The molecule has 0 aliphatic carbocycles. The normalized spacial score (nSPS) is 10.8. The lowest BCUT2D eigenvalue weighted by Gasteiger charge is -2.12. The van der Waals surface area contributed by atoms with Gasteiger partial charge in [-0.25, -0.2) is 9.35 Å². The van der Waals surface area contributed by atoms with Crippen LogP contribution >= 0.6 is 47.6 Å². The van der Waals surface area contributed by atoms with Crippen molar-refractivity contribution in [1.29, 1.82) is 0 Å². The van der Waals surface area contributed by atoms with Crippen molar-refractivity contribution in [1.82, 2.24) is 29.7 Å². The summed E-state index contributed by atoms with van der Waals surface area (Å²) in [6.45, 7) is 0.0872. The Morgan fingerprint density at radius 1 is 0.885 bits per heavy atom. The molecule has 0 aliphatic heterocycles. The topological polar surface area (TPSA) is 138 Å². The number of hydrogen-bond acceptors (Lipinski definition) is 8. The number of nitrogens with two attached hydrogens (primary N) is 2. The van der Waals surface area contributed by atoms with Gasteiger partial charge in [0.25, 0.3) is 0 Å². The molecule has 0 saturated carbocycles. The Labute approximate surface area is 166 Å². The number of aromatic nitrogens is 6. The predicted molar refractivity (Wildman–Crippen MR) is 100 cm³/mol. The molecule has 6 N–H and O–H groups in total. The lowest BCUT2D eigenvalue weighted by atomic mass is 10.3. The van der Waals surface area contributed by atoms with E-state index in [1.807, 2.05) is 0 Å². The first-order valence-corrected chi connectivity index (χ1v) is 8.51. The van der Waals surface area contributed by atoms with Gasteiger partial charge in [0.2, 0.25) is 9.54 Å². The summed E-state index contributed by atoms with van der Waals surface area (Å²) in [5, 5.41) is 13.5. The van der Waals surface area contributed by atoms with Gasteiger partial charge in [0.15, 0.2) is 11.6 Å². The number of benzene rings is 1. The Morgan fingerprint density at radius 3 is 1.58 bits per heavy atom. The fourth-order valence-electron chi connectivity index (χ4n) is 1.89. The third kappa shape index (κ3) is 3.77. The second kappa shape index (κ2) is 7.53. The van der Waals surface area contributed by atoms with E-state index in [0.29, 0.717) is 23.1 Å². The van der Waals surface area contributed by atoms with Crippen LogP contribution in [0.4, 0.5) is 0 Å². The first-order chi connectivity index (χ1) is 12.4. The van der Waals surface area contributed by atoms with Crippen LogP contribution in [0.2, 0.25) is 10.0 Å². The molecule has 0 saturated heterocycles. The van der Waals surface area contributed by atoms with Crippen molar-refractivity contribution in [2.75, 3.05) is 11.7 Å². The number of rotatable bonds is 6. The molecule has 0 spiro atoms. The predicted octanol–water partition coefficient (Wildman–Crippen LogP) is 2.09. The zero-order chi connectivity index (χ0) is 18.8. The molecule has 0 atom stereocenters. The zero-order valence-corrected chi connectivity index (χ0v) is 16.0. The van der Waals surface area contributed by atoms with Gasteiger partial charge in [-0.3, -0.25) is 10.2 Å². The number of nitrogens with one attached hydrogen (secondary N) is 2. The molecule has 2 aromatic heterocycles. The van der Waals surface area contributed by atoms with E-state index in [0.717, 1.165) is 0 Å². The van der Waals surface area contributed by atoms with Crippen LogP contribution in [0.25, 0.3) is 0 Å². The molecule has 3 rings (SSSR count). The largest absolute Gasteiger partial charge is 0.484 e. The third-order valence-corrected chi connectivity index (χ3v) is 4.42. The fourth-order valence-corrected chi connectivity index (χ4v) is 2.61. The maximum Gasteiger partial charge on any atom is 0.214 e. The minimum Gasteiger partial charge on any atom is -0.484 e. The van der Waals surface area contributed by atoms with Crippen LogP contribution in [0.5, 0.6) is 11.5 Å². The van der Waals surface area contributed by atoms with Crippen LogP contribution in [0.3, 0.4) is 0 Å². The lowest BCUT2D eigenvalue weighted by Crippen LogP contribution is -2.15. The van der Waals surface area contributed by atoms with Crippen molar-refractivity contribution in [3.8, 4) is 11.5 Å². The summed E-state index contributed by atoms with van der Waals surface area (Å²) >= 11 is 22.3. The molecule has 0 fully saturated rings. The standard InChI is InChI=1S/C12H12Cl2N8O2S2/c13-5-1-7(23-3-9-17-19-11(25)21(9)15)6(14)2-8(5)24-4-10-18-20-12(26)22(10)16/h1-2H,3-4,15-16H2,(H,19,25)(H,20,26). The molecule has 0 bridgehead atoms. The van der Waals surface area contributed by atoms with Gasteiger partial charge in [0.05, 0.1) is 10.0 Å². The summed E-state index contributed by atoms with van der Waals surface area (Å²) in [5.74, 6) is 12.9. The lowest BCUT2D eigenvalue weighted by molar-refractivity contribution is 0.284. The maximum absolute atomic E-state index is 6.21. The fraction of sp³-hybridized carbons (Fsp3) is 0.167. The molecule has 0 radical (unpaired) electrons. The summed E-state index contributed by atoms with van der Waals surface area (Å²) in [7, 11) is 0. The third-order valence-electron chi connectivity index (χ3n) is 3.25. The molecule has 14 heteroatoms. The van der Waals surface area contributed by atoms with E-state index >= 15 is 0 Å². The van der Waals surface area contributed by atoms with Crippen LogP contribution in [0, 0.1) is 9.54 Å². The molecule has 26 heavy (non-hydrogen) atoms. The van der Waals surface area contributed by atoms with Crippen LogP contribution in [0.1, 0.15) is 11.6 Å². The zero-order valence-electron chi connectivity index (χ0n) is 12.9. The number of ether oxygens (including phenoxy) is 2. The summed E-state index contributed by atoms with van der Waals surface area (Å²) < 4.78 is 14.1. The smallest absolute Gasteiger partial charge is 0.214 e. The Hall–Kier alpha value is -2.28. The van der Waals surface area contributed by atoms with E-state index in [-0.39, 0.29) is 32.8 Å². The monoisotopic (exact) mass is 434 g/mol. The summed E-state index contributed by atoms with van der Waals surface area (Å²) in [5.41, 5.74) is 0. The Bertz CT molecular complexity index is 972. The molecule has 138 valence electrons. The van der Waals surface area contributed by atoms with Crippen molar-refractivity contribution < 1.29 is 9.47 Å². The van der Waals surface area contributed by atoms with Gasteiger partial charge in [-0.2, -0.15) is 10.2 Å². The highest BCUT2D eigenvalue weighted by Crippen LogP contribution is 2.36. The van der Waals surface area contributed by atoms with Crippen LogP contribution < -0.4 is 21.2 Å². The average molecular weight is 435 g/mol. The van der Waals surface area contributed by atoms with Crippen molar-refractivity contribution in [2.45, 2.75) is 13.2 Å². The first-order valence-electron chi connectivity index (χ1n) is 6.94. The van der Waals surface area contributed by atoms with Gasteiger partial charge in [0, 0.05) is 12.1 Å².